The van der Waals surface area contributed by atoms with E-state index in [0.717, 1.165) is 19.3 Å². The average molecular weight is 624 g/mol. The lowest BCUT2D eigenvalue weighted by atomic mass is 9.82. The molecular weight excluding hydrogens is 590 g/mol. The number of amides is 1. The fourth-order valence-electron chi connectivity index (χ4n) is 7.39. The van der Waals surface area contributed by atoms with Gasteiger partial charge in [0.1, 0.15) is 5.82 Å². The topological polar surface area (TPSA) is 131 Å². The molecular formula is C33H33N7O4S. The molecule has 0 radical (unpaired) electrons. The van der Waals surface area contributed by atoms with Gasteiger partial charge in [-0.15, -0.1) is 0 Å². The van der Waals surface area contributed by atoms with Gasteiger partial charge in [-0.05, 0) is 72.5 Å². The van der Waals surface area contributed by atoms with Crippen molar-refractivity contribution in [1.29, 1.82) is 5.26 Å². The third kappa shape index (κ3) is 4.65. The van der Waals surface area contributed by atoms with Gasteiger partial charge in [0, 0.05) is 87.5 Å². The lowest BCUT2D eigenvalue weighted by molar-refractivity contribution is -0.132. The standard InChI is InChI=1S/C33H33N7O4S/c1-37-30(19-29(41)24-7-5-23(20-34)6-8-24)40(31-27-21-39(22-28(27)31)45(43,44)38-17-3-2-4-18-38)32(42)33(37,25-9-13-35-14-10-25)26-11-15-36-16-12-26/h5-16,19,27-28,31H,2-4,17-18,21-22H2,1H3/t27-,28-/m0/s1. The number of allylic oxidation sites excluding steroid dienone is 1. The maximum atomic E-state index is 15.0. The molecule has 2 aromatic heterocycles. The average Bonchev–Trinajstić information content (AvgIpc) is 3.44. The lowest BCUT2D eigenvalue weighted by Crippen LogP contribution is -2.48. The number of aromatic nitrogens is 2. The number of pyridine rings is 2. The van der Waals surface area contributed by atoms with Crippen molar-refractivity contribution >= 4 is 21.9 Å². The molecule has 230 valence electrons. The van der Waals surface area contributed by atoms with Crippen LogP contribution >= 0.6 is 0 Å². The van der Waals surface area contributed by atoms with E-state index >= 15 is 4.79 Å². The zero-order valence-electron chi connectivity index (χ0n) is 24.9. The van der Waals surface area contributed by atoms with Crippen LogP contribution in [-0.4, -0.2) is 87.8 Å². The molecule has 0 bridgehead atoms. The Kier molecular flexibility index (Phi) is 7.27. The molecule has 1 saturated carbocycles. The highest BCUT2D eigenvalue weighted by molar-refractivity contribution is 7.86. The summed E-state index contributed by atoms with van der Waals surface area (Å²) in [4.78, 5) is 40.6. The number of nitrogens with zero attached hydrogens (tertiary/aromatic N) is 7. The first-order chi connectivity index (χ1) is 21.8. The number of hydrogen-bond donors (Lipinski definition) is 0. The highest BCUT2D eigenvalue weighted by atomic mass is 32.2. The second-order valence-corrected chi connectivity index (χ2v) is 14.0. The minimum atomic E-state index is -3.57. The molecule has 5 heterocycles. The van der Waals surface area contributed by atoms with Crippen molar-refractivity contribution in [2.75, 3.05) is 33.2 Å². The number of carbonyl (C=O) groups excluding carboxylic acids is 2. The van der Waals surface area contributed by atoms with E-state index in [0.29, 0.717) is 54.3 Å². The molecule has 3 aliphatic heterocycles. The maximum Gasteiger partial charge on any atom is 0.281 e. The van der Waals surface area contributed by atoms with Crippen molar-refractivity contribution in [3.8, 4) is 6.07 Å². The van der Waals surface area contributed by atoms with E-state index in [1.165, 1.54) is 6.08 Å². The third-order valence-corrected chi connectivity index (χ3v) is 11.7. The summed E-state index contributed by atoms with van der Waals surface area (Å²) in [6.07, 6.45) is 10.8. The Labute approximate surface area is 262 Å². The normalized spacial score (nSPS) is 25.7. The smallest absolute Gasteiger partial charge is 0.281 e. The van der Waals surface area contributed by atoms with Crippen LogP contribution < -0.4 is 0 Å². The number of ketones is 1. The van der Waals surface area contributed by atoms with Crippen LogP contribution in [0.4, 0.5) is 0 Å². The van der Waals surface area contributed by atoms with E-state index in [2.05, 4.69) is 16.0 Å². The molecule has 3 aromatic rings. The van der Waals surface area contributed by atoms with Crippen LogP contribution in [0.3, 0.4) is 0 Å². The Balaban J connectivity index is 1.28. The van der Waals surface area contributed by atoms with Gasteiger partial charge in [0.25, 0.3) is 16.1 Å². The van der Waals surface area contributed by atoms with Crippen molar-refractivity contribution in [1.82, 2.24) is 28.4 Å². The molecule has 0 unspecified atom stereocenters. The fraction of sp³-hybridized carbons (Fsp3) is 0.364. The summed E-state index contributed by atoms with van der Waals surface area (Å²) < 4.78 is 30.1. The third-order valence-electron chi connectivity index (χ3n) is 9.76. The van der Waals surface area contributed by atoms with Crippen molar-refractivity contribution in [3.63, 3.8) is 0 Å². The number of rotatable bonds is 7. The highest BCUT2D eigenvalue weighted by Crippen LogP contribution is 2.56. The van der Waals surface area contributed by atoms with Crippen LogP contribution in [0, 0.1) is 23.2 Å². The quantitative estimate of drug-likeness (QED) is 0.290. The van der Waals surface area contributed by atoms with E-state index in [1.807, 2.05) is 11.9 Å². The van der Waals surface area contributed by atoms with Crippen molar-refractivity contribution in [2.24, 2.45) is 11.8 Å². The molecule has 0 spiro atoms. The van der Waals surface area contributed by atoms with Crippen molar-refractivity contribution in [2.45, 2.75) is 30.8 Å². The van der Waals surface area contributed by atoms with Crippen LogP contribution in [0.5, 0.6) is 0 Å². The van der Waals surface area contributed by atoms with Crippen molar-refractivity contribution < 1.29 is 18.0 Å². The van der Waals surface area contributed by atoms with Crippen LogP contribution in [-0.2, 0) is 20.5 Å². The van der Waals surface area contributed by atoms with Gasteiger partial charge in [0.2, 0.25) is 0 Å². The summed E-state index contributed by atoms with van der Waals surface area (Å²) >= 11 is 0. The first-order valence-corrected chi connectivity index (χ1v) is 16.6. The van der Waals surface area contributed by atoms with Crippen LogP contribution in [0.25, 0.3) is 0 Å². The summed E-state index contributed by atoms with van der Waals surface area (Å²) in [5.41, 5.74) is 0.908. The number of fused-ring (bicyclic) bond motifs is 1. The first-order valence-electron chi connectivity index (χ1n) is 15.2. The molecule has 0 N–H and O–H groups in total. The maximum absolute atomic E-state index is 15.0. The van der Waals surface area contributed by atoms with E-state index in [9.17, 15) is 18.5 Å². The lowest BCUT2D eigenvalue weighted by Gasteiger charge is -2.35. The summed E-state index contributed by atoms with van der Waals surface area (Å²) in [6, 6.07) is 15.4. The molecule has 1 aliphatic carbocycles. The molecule has 12 heteroatoms. The molecule has 3 saturated heterocycles. The number of likely N-dealkylation sites (N-methyl/N-ethyl adjacent to an activating group) is 1. The minimum absolute atomic E-state index is 0.0546. The number of carbonyl (C=O) groups is 2. The number of hydrogen-bond acceptors (Lipinski definition) is 8. The Morgan fingerprint density at radius 3 is 1.98 bits per heavy atom. The van der Waals surface area contributed by atoms with Crippen LogP contribution in [0.15, 0.2) is 85.2 Å². The van der Waals surface area contributed by atoms with E-state index in [-0.39, 0.29) is 29.6 Å². The Bertz CT molecular complexity index is 1750. The Morgan fingerprint density at radius 1 is 0.889 bits per heavy atom. The summed E-state index contributed by atoms with van der Waals surface area (Å²) in [5.74, 6) is -0.194. The van der Waals surface area contributed by atoms with Crippen LogP contribution in [0.1, 0.15) is 46.3 Å². The predicted molar refractivity (Wildman–Crippen MR) is 164 cm³/mol. The van der Waals surface area contributed by atoms with Gasteiger partial charge >= 0.3 is 0 Å². The van der Waals surface area contributed by atoms with Gasteiger partial charge in [-0.1, -0.05) is 6.42 Å². The highest BCUT2D eigenvalue weighted by Gasteiger charge is 2.68. The van der Waals surface area contributed by atoms with Gasteiger partial charge in [-0.2, -0.15) is 22.3 Å². The zero-order chi connectivity index (χ0) is 31.3. The molecule has 11 nitrogen and oxygen atoms in total. The number of piperidine rings is 2. The molecule has 7 rings (SSSR count). The zero-order valence-corrected chi connectivity index (χ0v) is 25.7. The van der Waals surface area contributed by atoms with Gasteiger partial charge in [-0.3, -0.25) is 24.5 Å². The second kappa shape index (κ2) is 11.2. The minimum Gasteiger partial charge on any atom is -0.339 e. The summed E-state index contributed by atoms with van der Waals surface area (Å²) in [6.45, 7) is 1.74. The number of nitriles is 1. The Morgan fingerprint density at radius 2 is 1.44 bits per heavy atom. The number of benzene rings is 1. The largest absolute Gasteiger partial charge is 0.339 e. The molecule has 1 aromatic carbocycles. The summed E-state index contributed by atoms with van der Waals surface area (Å²) in [5, 5.41) is 9.21. The summed E-state index contributed by atoms with van der Waals surface area (Å²) in [7, 11) is -1.76. The van der Waals surface area contributed by atoms with Gasteiger partial charge in [0.05, 0.1) is 11.6 Å². The van der Waals surface area contributed by atoms with E-state index < -0.39 is 15.7 Å². The van der Waals surface area contributed by atoms with E-state index in [1.54, 1.807) is 86.8 Å². The molecule has 4 aliphatic rings. The first kappa shape index (κ1) is 29.3. The SMILES string of the molecule is CN1C(=CC(=O)c2ccc(C#N)cc2)N(C2[C@H]3CN(S(=O)(=O)N4CCCCC4)C[C@H]23)C(=O)C1(c1ccncc1)c1ccncc1. The van der Waals surface area contributed by atoms with E-state index in [4.69, 9.17) is 0 Å². The van der Waals surface area contributed by atoms with Crippen molar-refractivity contribution in [3.05, 3.63) is 107 Å². The molecule has 45 heavy (non-hydrogen) atoms. The fourth-order valence-corrected chi connectivity index (χ4v) is 9.16. The van der Waals surface area contributed by atoms with Gasteiger partial charge in [-0.25, -0.2) is 0 Å². The Hall–Kier alpha value is -4.44. The molecule has 2 atom stereocenters. The second-order valence-electron chi connectivity index (χ2n) is 12.1. The molecule has 1 amide bonds. The van der Waals surface area contributed by atoms with Crippen LogP contribution in [0.2, 0.25) is 0 Å². The van der Waals surface area contributed by atoms with Gasteiger partial charge < -0.3 is 4.90 Å². The predicted octanol–water partition coefficient (Wildman–Crippen LogP) is 2.75. The monoisotopic (exact) mass is 623 g/mol. The van der Waals surface area contributed by atoms with Gasteiger partial charge in [0.15, 0.2) is 11.3 Å². The molecule has 4 fully saturated rings.